The Labute approximate surface area is 323 Å². The summed E-state index contributed by atoms with van der Waals surface area (Å²) in [5, 5.41) is 2.62. The minimum absolute atomic E-state index is 0.0254. The second kappa shape index (κ2) is 20.4. The number of Topliss-reactive ketones (excluding diaryl/α,β-unsaturated/α-hetero) is 1. The summed E-state index contributed by atoms with van der Waals surface area (Å²) >= 11 is 0. The number of rotatable bonds is 20. The molecule has 0 spiro atoms. The van der Waals surface area contributed by atoms with Gasteiger partial charge < -0.3 is 24.6 Å². The monoisotopic (exact) mass is 773 g/mol. The van der Waals surface area contributed by atoms with Crippen LogP contribution in [0.15, 0.2) is 110 Å². The summed E-state index contributed by atoms with van der Waals surface area (Å²) in [6.45, 7) is 7.53. The number of benzene rings is 4. The van der Waals surface area contributed by atoms with Gasteiger partial charge in [-0.1, -0.05) is 12.2 Å². The Kier molecular flexibility index (Phi) is 15.5. The lowest BCUT2D eigenvalue weighted by atomic mass is 9.91. The van der Waals surface area contributed by atoms with E-state index in [0.717, 1.165) is 24.3 Å². The van der Waals surface area contributed by atoms with Gasteiger partial charge in [-0.3, -0.25) is 19.2 Å². The predicted molar refractivity (Wildman–Crippen MR) is 205 cm³/mol. The normalized spacial score (nSPS) is 11.8. The topological polar surface area (TPSA) is 105 Å². The molecule has 0 heterocycles. The van der Waals surface area contributed by atoms with Gasteiger partial charge in [-0.2, -0.15) is 0 Å². The molecular formula is C43H43F4N3O6. The van der Waals surface area contributed by atoms with E-state index in [1.165, 1.54) is 36.2 Å². The number of anilines is 2. The molecule has 2 atom stereocenters. The van der Waals surface area contributed by atoms with Crippen LogP contribution in [0.4, 0.5) is 28.9 Å². The van der Waals surface area contributed by atoms with E-state index >= 15 is 0 Å². The van der Waals surface area contributed by atoms with Crippen LogP contribution in [0.2, 0.25) is 0 Å². The van der Waals surface area contributed by atoms with Crippen LogP contribution >= 0.6 is 0 Å². The van der Waals surface area contributed by atoms with Crippen LogP contribution in [0.3, 0.4) is 0 Å². The van der Waals surface area contributed by atoms with Crippen molar-refractivity contribution in [3.63, 3.8) is 0 Å². The number of nitrogens with one attached hydrogen (secondary N) is 1. The summed E-state index contributed by atoms with van der Waals surface area (Å²) < 4.78 is 67.1. The molecule has 4 rings (SSSR count). The number of ether oxygens (including phenoxy) is 2. The molecule has 0 aromatic heterocycles. The van der Waals surface area contributed by atoms with E-state index in [1.54, 1.807) is 48.5 Å². The molecule has 0 aliphatic heterocycles. The average molecular weight is 774 g/mol. The number of hydrogen-bond donors (Lipinski definition) is 1. The standard InChI is InChI=1S/C43H43F4N3O6/c1-5-17-49(35-7-12-38(55-3)13-8-35)42(53)30(19-28-20-31(44)26-32(45)21-28)25-37(51)11-16-41(52)48-40(24-29-22-33(46)27-34(47)23-29)43(54)50(18-6-2)36-9-14-39(56-4)15-10-36/h5-10,12-15,20-23,26-27,30,40H,1-2,11,16-19,24-25H2,3-4H3,(H,48,52)/t30-,40+/m1/s1. The molecule has 13 heteroatoms. The molecule has 4 aromatic rings. The van der Waals surface area contributed by atoms with Gasteiger partial charge >= 0.3 is 0 Å². The molecule has 0 radical (unpaired) electrons. The van der Waals surface area contributed by atoms with Gasteiger partial charge in [0, 0.05) is 68.2 Å². The van der Waals surface area contributed by atoms with Crippen molar-refractivity contribution in [2.75, 3.05) is 37.1 Å². The van der Waals surface area contributed by atoms with Gasteiger partial charge in [-0.05, 0) is 90.3 Å². The fourth-order valence-corrected chi connectivity index (χ4v) is 6.16. The number of nitrogens with zero attached hydrogens (tertiary/aromatic N) is 2. The first-order valence-corrected chi connectivity index (χ1v) is 17.7. The molecule has 56 heavy (non-hydrogen) atoms. The van der Waals surface area contributed by atoms with Crippen molar-refractivity contribution < 1.29 is 46.2 Å². The van der Waals surface area contributed by atoms with Crippen LogP contribution < -0.4 is 24.6 Å². The first-order valence-electron chi connectivity index (χ1n) is 17.7. The first kappa shape index (κ1) is 42.5. The lowest BCUT2D eigenvalue weighted by Gasteiger charge is -2.28. The number of carbonyl (C=O) groups is 4. The van der Waals surface area contributed by atoms with E-state index in [9.17, 15) is 36.7 Å². The number of amides is 3. The highest BCUT2D eigenvalue weighted by molar-refractivity contribution is 6.00. The SMILES string of the molecule is C=CCN(C(=O)[C@@H](CC(=O)CCC(=O)N[C@@H](Cc1cc(F)cc(F)c1)C(=O)N(CC=C)c1ccc(OC)cc1)Cc1cc(F)cc(F)c1)c1ccc(OC)cc1. The summed E-state index contributed by atoms with van der Waals surface area (Å²) in [5.41, 5.74) is 1.15. The summed E-state index contributed by atoms with van der Waals surface area (Å²) in [6, 6.07) is 17.4. The van der Waals surface area contributed by atoms with Crippen molar-refractivity contribution in [3.05, 3.63) is 145 Å². The maximum absolute atomic E-state index is 14.2. The van der Waals surface area contributed by atoms with Gasteiger partial charge in [0.15, 0.2) is 0 Å². The Hall–Kier alpha value is -6.24. The van der Waals surface area contributed by atoms with E-state index in [0.29, 0.717) is 35.0 Å². The molecule has 1 N–H and O–H groups in total. The van der Waals surface area contributed by atoms with E-state index in [-0.39, 0.29) is 49.9 Å². The van der Waals surface area contributed by atoms with Crippen LogP contribution in [0.1, 0.15) is 30.4 Å². The highest BCUT2D eigenvalue weighted by Crippen LogP contribution is 2.26. The van der Waals surface area contributed by atoms with Crippen molar-refractivity contribution in [3.8, 4) is 11.5 Å². The van der Waals surface area contributed by atoms with Gasteiger partial charge in [-0.15, -0.1) is 13.2 Å². The highest BCUT2D eigenvalue weighted by Gasteiger charge is 2.30. The zero-order chi connectivity index (χ0) is 40.8. The Morgan fingerprint density at radius 1 is 0.643 bits per heavy atom. The molecule has 4 aromatic carbocycles. The Morgan fingerprint density at radius 2 is 1.07 bits per heavy atom. The minimum Gasteiger partial charge on any atom is -0.497 e. The predicted octanol–water partition coefficient (Wildman–Crippen LogP) is 7.32. The molecule has 0 aliphatic rings. The van der Waals surface area contributed by atoms with E-state index in [2.05, 4.69) is 18.5 Å². The molecule has 3 amide bonds. The summed E-state index contributed by atoms with van der Waals surface area (Å²) in [4.78, 5) is 57.7. The fourth-order valence-electron chi connectivity index (χ4n) is 6.16. The maximum atomic E-state index is 14.2. The Morgan fingerprint density at radius 3 is 1.50 bits per heavy atom. The molecule has 0 fully saturated rings. The van der Waals surface area contributed by atoms with E-state index in [1.807, 2.05) is 0 Å². The lowest BCUT2D eigenvalue weighted by molar-refractivity contribution is -0.130. The number of ketones is 1. The van der Waals surface area contributed by atoms with Crippen LogP contribution in [0.25, 0.3) is 0 Å². The lowest BCUT2D eigenvalue weighted by Crippen LogP contribution is -2.50. The molecule has 0 unspecified atom stereocenters. The zero-order valence-corrected chi connectivity index (χ0v) is 31.1. The van der Waals surface area contributed by atoms with Crippen molar-refractivity contribution >= 4 is 34.9 Å². The number of halogens is 4. The summed E-state index contributed by atoms with van der Waals surface area (Å²) in [6.07, 6.45) is 1.33. The number of methoxy groups -OCH3 is 2. The summed E-state index contributed by atoms with van der Waals surface area (Å²) in [5.74, 6) is -5.83. The molecule has 0 saturated heterocycles. The van der Waals surface area contributed by atoms with Crippen LogP contribution in [0, 0.1) is 29.2 Å². The first-order chi connectivity index (χ1) is 26.8. The van der Waals surface area contributed by atoms with Crippen LogP contribution in [-0.2, 0) is 32.0 Å². The van der Waals surface area contributed by atoms with Crippen LogP contribution in [0.5, 0.6) is 11.5 Å². The quantitative estimate of drug-likeness (QED) is 0.0746. The van der Waals surface area contributed by atoms with Crippen molar-refractivity contribution in [1.29, 1.82) is 0 Å². The third kappa shape index (κ3) is 12.1. The summed E-state index contributed by atoms with van der Waals surface area (Å²) in [7, 11) is 2.98. The number of hydrogen-bond acceptors (Lipinski definition) is 6. The van der Waals surface area contributed by atoms with Gasteiger partial charge in [0.1, 0.15) is 46.6 Å². The van der Waals surface area contributed by atoms with E-state index in [4.69, 9.17) is 9.47 Å². The third-order valence-corrected chi connectivity index (χ3v) is 8.78. The fraction of sp³-hybridized carbons (Fsp3) is 0.256. The second-order valence-corrected chi connectivity index (χ2v) is 12.9. The third-order valence-electron chi connectivity index (χ3n) is 8.78. The molecular weight excluding hydrogens is 730 g/mol. The minimum atomic E-state index is -1.32. The Bertz CT molecular complexity index is 1840. The average Bonchev–Trinajstić information content (AvgIpc) is 3.16. The zero-order valence-electron chi connectivity index (χ0n) is 31.1. The van der Waals surface area contributed by atoms with Gasteiger partial charge in [0.25, 0.3) is 0 Å². The molecule has 294 valence electrons. The Balaban J connectivity index is 1.55. The second-order valence-electron chi connectivity index (χ2n) is 12.9. The molecule has 0 saturated carbocycles. The largest absolute Gasteiger partial charge is 0.497 e. The number of carbonyl (C=O) groups excluding carboxylic acids is 4. The van der Waals surface area contributed by atoms with Crippen molar-refractivity contribution in [2.45, 2.75) is 38.1 Å². The smallest absolute Gasteiger partial charge is 0.250 e. The van der Waals surface area contributed by atoms with Gasteiger partial charge in [0.2, 0.25) is 17.7 Å². The molecule has 0 aliphatic carbocycles. The van der Waals surface area contributed by atoms with E-state index < -0.39 is 65.2 Å². The van der Waals surface area contributed by atoms with Gasteiger partial charge in [-0.25, -0.2) is 17.6 Å². The molecule has 9 nitrogen and oxygen atoms in total. The van der Waals surface area contributed by atoms with Crippen molar-refractivity contribution in [1.82, 2.24) is 5.32 Å². The maximum Gasteiger partial charge on any atom is 0.250 e. The van der Waals surface area contributed by atoms with Crippen LogP contribution in [-0.4, -0.2) is 56.9 Å². The molecule has 0 bridgehead atoms. The highest BCUT2D eigenvalue weighted by atomic mass is 19.1. The van der Waals surface area contributed by atoms with Crippen molar-refractivity contribution in [2.24, 2.45) is 5.92 Å². The van der Waals surface area contributed by atoms with Gasteiger partial charge in [0.05, 0.1) is 14.2 Å².